The summed E-state index contributed by atoms with van der Waals surface area (Å²) in [7, 11) is 0. The molecule has 1 nitrogen and oxygen atoms in total. The minimum absolute atomic E-state index is 0.135. The van der Waals surface area contributed by atoms with E-state index in [4.69, 9.17) is 0 Å². The van der Waals surface area contributed by atoms with Crippen molar-refractivity contribution in [3.8, 4) is 0 Å². The van der Waals surface area contributed by atoms with E-state index in [1.165, 1.54) is 17.2 Å². The molecule has 0 saturated heterocycles. The zero-order chi connectivity index (χ0) is 14.5. The Morgan fingerprint density at radius 1 is 1.35 bits per heavy atom. The molecule has 1 heterocycles. The van der Waals surface area contributed by atoms with E-state index in [1.54, 1.807) is 17.4 Å². The normalized spacial score (nSPS) is 12.6. The highest BCUT2D eigenvalue weighted by molar-refractivity contribution is 9.10. The zero-order valence-electron chi connectivity index (χ0n) is 11.7. The van der Waals surface area contributed by atoms with Crippen LogP contribution in [-0.4, -0.2) is 6.54 Å². The first-order valence-corrected chi connectivity index (χ1v) is 8.55. The number of aryl methyl sites for hydroxylation is 1. The molecule has 0 saturated carbocycles. The molecule has 108 valence electrons. The van der Waals surface area contributed by atoms with Crippen LogP contribution >= 0.6 is 27.3 Å². The third-order valence-corrected chi connectivity index (χ3v) is 4.72. The molecule has 4 heteroatoms. The second-order valence-electron chi connectivity index (χ2n) is 4.96. The summed E-state index contributed by atoms with van der Waals surface area (Å²) in [6.45, 7) is 5.20. The Morgan fingerprint density at radius 2 is 2.15 bits per heavy atom. The van der Waals surface area contributed by atoms with Gasteiger partial charge in [-0.1, -0.05) is 22.9 Å². The van der Waals surface area contributed by atoms with Crippen LogP contribution in [0.25, 0.3) is 0 Å². The molecule has 0 aliphatic heterocycles. The van der Waals surface area contributed by atoms with Gasteiger partial charge in [-0.25, -0.2) is 4.39 Å². The third kappa shape index (κ3) is 3.90. The summed E-state index contributed by atoms with van der Waals surface area (Å²) in [4.78, 5) is 0. The number of nitrogens with one attached hydrogen (secondary N) is 1. The highest BCUT2D eigenvalue weighted by atomic mass is 79.9. The molecule has 2 aromatic rings. The van der Waals surface area contributed by atoms with Gasteiger partial charge >= 0.3 is 0 Å². The lowest BCUT2D eigenvalue weighted by molar-refractivity contribution is 0.512. The second-order valence-corrected chi connectivity index (χ2v) is 6.62. The Morgan fingerprint density at radius 3 is 2.80 bits per heavy atom. The molecule has 1 aromatic heterocycles. The molecule has 0 aliphatic rings. The van der Waals surface area contributed by atoms with Gasteiger partial charge in [-0.2, -0.15) is 11.3 Å². The lowest BCUT2D eigenvalue weighted by Gasteiger charge is -2.19. The molecule has 20 heavy (non-hydrogen) atoms. The van der Waals surface area contributed by atoms with Gasteiger partial charge < -0.3 is 5.32 Å². The van der Waals surface area contributed by atoms with Crippen LogP contribution in [-0.2, 0) is 6.42 Å². The van der Waals surface area contributed by atoms with E-state index in [2.05, 4.69) is 45.9 Å². The van der Waals surface area contributed by atoms with Crippen LogP contribution < -0.4 is 5.32 Å². The van der Waals surface area contributed by atoms with Crippen molar-refractivity contribution in [3.05, 3.63) is 55.9 Å². The summed E-state index contributed by atoms with van der Waals surface area (Å²) in [6, 6.07) is 5.31. The average molecular weight is 356 g/mol. The molecule has 2 rings (SSSR count). The molecule has 0 aliphatic carbocycles. The fourth-order valence-electron chi connectivity index (χ4n) is 2.26. The highest BCUT2D eigenvalue weighted by Gasteiger charge is 2.16. The first-order valence-electron chi connectivity index (χ1n) is 6.81. The molecule has 0 amide bonds. The molecule has 1 unspecified atom stereocenters. The number of hydrogen-bond donors (Lipinski definition) is 1. The zero-order valence-corrected chi connectivity index (χ0v) is 14.2. The van der Waals surface area contributed by atoms with Crippen LogP contribution in [0.15, 0.2) is 33.4 Å². The molecule has 1 aromatic carbocycles. The topological polar surface area (TPSA) is 12.0 Å². The van der Waals surface area contributed by atoms with Crippen molar-refractivity contribution in [2.45, 2.75) is 32.7 Å². The Kier molecular flexibility index (Phi) is 5.75. The Bertz CT molecular complexity index is 567. The van der Waals surface area contributed by atoms with E-state index in [0.29, 0.717) is 6.42 Å². The van der Waals surface area contributed by atoms with Crippen LogP contribution in [0.1, 0.15) is 36.1 Å². The van der Waals surface area contributed by atoms with Crippen molar-refractivity contribution < 1.29 is 4.39 Å². The van der Waals surface area contributed by atoms with Crippen molar-refractivity contribution >= 4 is 27.3 Å². The van der Waals surface area contributed by atoms with Crippen molar-refractivity contribution in [2.24, 2.45) is 0 Å². The van der Waals surface area contributed by atoms with E-state index in [-0.39, 0.29) is 11.9 Å². The predicted octanol–water partition coefficient (Wildman–Crippen LogP) is 5.24. The summed E-state index contributed by atoms with van der Waals surface area (Å²) < 4.78 is 14.9. The van der Waals surface area contributed by atoms with Crippen LogP contribution in [0.3, 0.4) is 0 Å². The smallest absolute Gasteiger partial charge is 0.126 e. The maximum atomic E-state index is 13.9. The number of thiophene rings is 1. The van der Waals surface area contributed by atoms with E-state index in [1.807, 2.05) is 6.07 Å². The van der Waals surface area contributed by atoms with Crippen molar-refractivity contribution in [1.29, 1.82) is 0 Å². The van der Waals surface area contributed by atoms with Crippen molar-refractivity contribution in [2.75, 3.05) is 6.54 Å². The summed E-state index contributed by atoms with van der Waals surface area (Å²) >= 11 is 5.12. The number of rotatable bonds is 6. The Hall–Kier alpha value is -0.710. The van der Waals surface area contributed by atoms with Gasteiger partial charge in [0.1, 0.15) is 5.82 Å². The molecular weight excluding hydrogens is 337 g/mol. The standard InChI is InChI=1S/C16H19BrFNS/c1-3-6-19-16(14-10-20-9-11(14)2)8-12-7-13(17)4-5-15(12)18/h4-5,7,9-10,16,19H,3,6,8H2,1-2H3. The quantitative estimate of drug-likeness (QED) is 0.746. The van der Waals surface area contributed by atoms with Gasteiger partial charge in [0, 0.05) is 10.5 Å². The van der Waals surface area contributed by atoms with Crippen molar-refractivity contribution in [1.82, 2.24) is 5.32 Å². The number of benzene rings is 1. The van der Waals surface area contributed by atoms with Crippen LogP contribution in [0, 0.1) is 12.7 Å². The minimum atomic E-state index is -0.135. The monoisotopic (exact) mass is 355 g/mol. The fraction of sp³-hybridized carbons (Fsp3) is 0.375. The third-order valence-electron chi connectivity index (χ3n) is 3.34. The highest BCUT2D eigenvalue weighted by Crippen LogP contribution is 2.27. The van der Waals surface area contributed by atoms with E-state index >= 15 is 0 Å². The number of hydrogen-bond acceptors (Lipinski definition) is 2. The molecule has 0 fully saturated rings. The first kappa shape index (κ1) is 15.7. The Balaban J connectivity index is 2.23. The molecule has 0 bridgehead atoms. The average Bonchev–Trinajstić information content (AvgIpc) is 2.84. The van der Waals surface area contributed by atoms with Crippen LogP contribution in [0.4, 0.5) is 4.39 Å². The molecule has 0 spiro atoms. The van der Waals surface area contributed by atoms with Gasteiger partial charge in [0.2, 0.25) is 0 Å². The van der Waals surface area contributed by atoms with E-state index in [0.717, 1.165) is 23.0 Å². The van der Waals surface area contributed by atoms with Crippen LogP contribution in [0.5, 0.6) is 0 Å². The maximum absolute atomic E-state index is 13.9. The minimum Gasteiger partial charge on any atom is -0.310 e. The van der Waals surface area contributed by atoms with E-state index in [9.17, 15) is 4.39 Å². The van der Waals surface area contributed by atoms with Crippen LogP contribution in [0.2, 0.25) is 0 Å². The second kappa shape index (κ2) is 7.34. The summed E-state index contributed by atoms with van der Waals surface area (Å²) in [5.41, 5.74) is 3.31. The lowest BCUT2D eigenvalue weighted by Crippen LogP contribution is -2.24. The van der Waals surface area contributed by atoms with E-state index < -0.39 is 0 Å². The lowest BCUT2D eigenvalue weighted by atomic mass is 9.98. The first-order chi connectivity index (χ1) is 9.61. The predicted molar refractivity (Wildman–Crippen MR) is 87.9 cm³/mol. The van der Waals surface area contributed by atoms with Gasteiger partial charge in [0.05, 0.1) is 0 Å². The largest absolute Gasteiger partial charge is 0.310 e. The number of halogens is 2. The molecule has 1 N–H and O–H groups in total. The maximum Gasteiger partial charge on any atom is 0.126 e. The van der Waals surface area contributed by atoms with Gasteiger partial charge in [0.15, 0.2) is 0 Å². The fourth-order valence-corrected chi connectivity index (χ4v) is 3.57. The van der Waals surface area contributed by atoms with Gasteiger partial charge in [-0.3, -0.25) is 0 Å². The summed E-state index contributed by atoms with van der Waals surface area (Å²) in [6.07, 6.45) is 1.74. The SMILES string of the molecule is CCCNC(Cc1cc(Br)ccc1F)c1cscc1C. The molecule has 1 atom stereocenters. The Labute approximate surface area is 132 Å². The molecule has 0 radical (unpaired) electrons. The van der Waals surface area contributed by atoms with Gasteiger partial charge in [-0.05, 0) is 72.0 Å². The van der Waals surface area contributed by atoms with Crippen molar-refractivity contribution in [3.63, 3.8) is 0 Å². The van der Waals surface area contributed by atoms with Gasteiger partial charge in [0.25, 0.3) is 0 Å². The van der Waals surface area contributed by atoms with Gasteiger partial charge in [-0.15, -0.1) is 0 Å². The summed E-state index contributed by atoms with van der Waals surface area (Å²) in [5, 5.41) is 7.84. The molecular formula is C16H19BrFNS. The summed E-state index contributed by atoms with van der Waals surface area (Å²) in [5.74, 6) is -0.135.